The molecule has 1 aromatic rings. The van der Waals surface area contributed by atoms with Crippen LogP contribution in [0, 0.1) is 6.92 Å². The fourth-order valence-corrected chi connectivity index (χ4v) is 3.75. The van der Waals surface area contributed by atoms with Crippen molar-refractivity contribution in [2.24, 2.45) is 0 Å². The Labute approximate surface area is 117 Å². The van der Waals surface area contributed by atoms with E-state index in [9.17, 15) is 0 Å². The standard InChI is InChI=1S/C12H19ClN4S/c1-3-18-9-6-4-5-8(9)16-11-10(14)7(2)15-12(13)17-11/h8-9H,3-6,14H2,1-2H3,(H,15,16,17). The number of nitrogens with zero attached hydrogens (tertiary/aromatic N) is 2. The van der Waals surface area contributed by atoms with Crippen molar-refractivity contribution in [2.75, 3.05) is 16.8 Å². The van der Waals surface area contributed by atoms with E-state index in [4.69, 9.17) is 17.3 Å². The summed E-state index contributed by atoms with van der Waals surface area (Å²) < 4.78 is 0. The molecule has 0 spiro atoms. The van der Waals surface area contributed by atoms with Crippen LogP contribution in [0.2, 0.25) is 5.28 Å². The third kappa shape index (κ3) is 3.01. The van der Waals surface area contributed by atoms with Gasteiger partial charge in [0.15, 0.2) is 5.82 Å². The minimum Gasteiger partial charge on any atom is -0.394 e. The van der Waals surface area contributed by atoms with Gasteiger partial charge in [0.25, 0.3) is 0 Å². The molecule has 0 amide bonds. The molecule has 1 aliphatic rings. The first-order valence-corrected chi connectivity index (χ1v) is 7.72. The fourth-order valence-electron chi connectivity index (χ4n) is 2.34. The SMILES string of the molecule is CCSC1CCCC1Nc1nc(Cl)nc(C)c1N. The van der Waals surface area contributed by atoms with Crippen molar-refractivity contribution < 1.29 is 0 Å². The Bertz CT molecular complexity index is 427. The highest BCUT2D eigenvalue weighted by Gasteiger charge is 2.28. The molecule has 4 nitrogen and oxygen atoms in total. The molecule has 1 aromatic heterocycles. The van der Waals surface area contributed by atoms with Gasteiger partial charge < -0.3 is 11.1 Å². The van der Waals surface area contributed by atoms with Gasteiger partial charge in [-0.25, -0.2) is 4.98 Å². The van der Waals surface area contributed by atoms with Crippen molar-refractivity contribution in [3.63, 3.8) is 0 Å². The molecule has 2 unspecified atom stereocenters. The normalized spacial score (nSPS) is 23.3. The summed E-state index contributed by atoms with van der Waals surface area (Å²) in [6, 6.07) is 0.433. The first kappa shape index (κ1) is 13.7. The van der Waals surface area contributed by atoms with E-state index in [1.165, 1.54) is 12.8 Å². The number of rotatable bonds is 4. The molecule has 1 aliphatic carbocycles. The number of hydrogen-bond acceptors (Lipinski definition) is 5. The van der Waals surface area contributed by atoms with Crippen LogP contribution < -0.4 is 11.1 Å². The number of aryl methyl sites for hydroxylation is 1. The first-order valence-electron chi connectivity index (χ1n) is 6.29. The predicted octanol–water partition coefficient (Wildman–Crippen LogP) is 3.11. The van der Waals surface area contributed by atoms with Gasteiger partial charge in [0.1, 0.15) is 0 Å². The Morgan fingerprint density at radius 1 is 1.44 bits per heavy atom. The summed E-state index contributed by atoms with van der Waals surface area (Å²) >= 11 is 7.88. The van der Waals surface area contributed by atoms with E-state index >= 15 is 0 Å². The lowest BCUT2D eigenvalue weighted by atomic mass is 10.2. The molecule has 6 heteroatoms. The van der Waals surface area contributed by atoms with Crippen molar-refractivity contribution in [2.45, 2.75) is 44.4 Å². The number of halogens is 1. The van der Waals surface area contributed by atoms with Crippen molar-refractivity contribution in [1.82, 2.24) is 9.97 Å². The van der Waals surface area contributed by atoms with E-state index in [2.05, 4.69) is 22.2 Å². The van der Waals surface area contributed by atoms with Crippen LogP contribution in [0.15, 0.2) is 0 Å². The number of hydrogen-bond donors (Lipinski definition) is 2. The number of nitrogens with one attached hydrogen (secondary N) is 1. The number of nitrogen functional groups attached to an aromatic ring is 1. The lowest BCUT2D eigenvalue weighted by molar-refractivity contribution is 0.762. The topological polar surface area (TPSA) is 63.8 Å². The van der Waals surface area contributed by atoms with Gasteiger partial charge in [0.05, 0.1) is 11.4 Å². The zero-order valence-corrected chi connectivity index (χ0v) is 12.3. The summed E-state index contributed by atoms with van der Waals surface area (Å²) in [6.45, 7) is 4.04. The summed E-state index contributed by atoms with van der Waals surface area (Å²) in [7, 11) is 0. The van der Waals surface area contributed by atoms with Gasteiger partial charge in [-0.2, -0.15) is 16.7 Å². The van der Waals surface area contributed by atoms with Gasteiger partial charge in [-0.3, -0.25) is 0 Å². The van der Waals surface area contributed by atoms with Gasteiger partial charge in [-0.05, 0) is 37.1 Å². The minimum absolute atomic E-state index is 0.252. The van der Waals surface area contributed by atoms with Crippen molar-refractivity contribution in [3.05, 3.63) is 11.0 Å². The van der Waals surface area contributed by atoms with Crippen LogP contribution in [-0.4, -0.2) is 27.0 Å². The summed E-state index contributed by atoms with van der Waals surface area (Å²) in [5.41, 5.74) is 7.33. The van der Waals surface area contributed by atoms with E-state index in [0.29, 0.717) is 22.8 Å². The van der Waals surface area contributed by atoms with Crippen LogP contribution in [0.5, 0.6) is 0 Å². The molecule has 3 N–H and O–H groups in total. The highest BCUT2D eigenvalue weighted by Crippen LogP contribution is 2.33. The summed E-state index contributed by atoms with van der Waals surface area (Å²) in [5, 5.41) is 4.34. The zero-order valence-electron chi connectivity index (χ0n) is 10.7. The average Bonchev–Trinajstić information content (AvgIpc) is 2.73. The van der Waals surface area contributed by atoms with Crippen molar-refractivity contribution in [1.29, 1.82) is 0 Å². The Morgan fingerprint density at radius 2 is 2.22 bits per heavy atom. The van der Waals surface area contributed by atoms with Crippen LogP contribution in [0.1, 0.15) is 31.9 Å². The maximum absolute atomic E-state index is 6.00. The Balaban J connectivity index is 2.13. The third-order valence-electron chi connectivity index (χ3n) is 3.26. The molecule has 0 aromatic carbocycles. The van der Waals surface area contributed by atoms with Crippen molar-refractivity contribution in [3.8, 4) is 0 Å². The molecule has 100 valence electrons. The van der Waals surface area contributed by atoms with Gasteiger partial charge >= 0.3 is 0 Å². The third-order valence-corrected chi connectivity index (χ3v) is 4.76. The highest BCUT2D eigenvalue weighted by atomic mass is 35.5. The second-order valence-electron chi connectivity index (χ2n) is 4.52. The predicted molar refractivity (Wildman–Crippen MR) is 79.4 cm³/mol. The number of anilines is 2. The summed E-state index contributed by atoms with van der Waals surface area (Å²) in [5.74, 6) is 1.82. The molecule has 2 atom stereocenters. The van der Waals surface area contributed by atoms with E-state index < -0.39 is 0 Å². The minimum atomic E-state index is 0.252. The maximum Gasteiger partial charge on any atom is 0.224 e. The lowest BCUT2D eigenvalue weighted by Crippen LogP contribution is -2.27. The summed E-state index contributed by atoms with van der Waals surface area (Å²) in [6.07, 6.45) is 3.68. The van der Waals surface area contributed by atoms with Gasteiger partial charge in [0.2, 0.25) is 5.28 Å². The average molecular weight is 287 g/mol. The van der Waals surface area contributed by atoms with Crippen LogP contribution in [0.3, 0.4) is 0 Å². The first-order chi connectivity index (χ1) is 8.61. The van der Waals surface area contributed by atoms with Crippen LogP contribution >= 0.6 is 23.4 Å². The fraction of sp³-hybridized carbons (Fsp3) is 0.667. The van der Waals surface area contributed by atoms with E-state index in [0.717, 1.165) is 17.9 Å². The number of aromatic nitrogens is 2. The molecule has 1 heterocycles. The second-order valence-corrected chi connectivity index (χ2v) is 6.37. The Hall–Kier alpha value is -0.680. The quantitative estimate of drug-likeness (QED) is 0.833. The molecular weight excluding hydrogens is 268 g/mol. The Morgan fingerprint density at radius 3 is 2.94 bits per heavy atom. The molecule has 2 rings (SSSR count). The molecule has 0 radical (unpaired) electrons. The zero-order chi connectivity index (χ0) is 13.1. The van der Waals surface area contributed by atoms with Gasteiger partial charge in [-0.15, -0.1) is 0 Å². The second kappa shape index (κ2) is 5.97. The van der Waals surface area contributed by atoms with Crippen LogP contribution in [0.4, 0.5) is 11.5 Å². The molecule has 18 heavy (non-hydrogen) atoms. The molecule has 1 saturated carbocycles. The lowest BCUT2D eigenvalue weighted by Gasteiger charge is -2.21. The van der Waals surface area contributed by atoms with Gasteiger partial charge in [0, 0.05) is 11.3 Å². The monoisotopic (exact) mass is 286 g/mol. The van der Waals surface area contributed by atoms with E-state index in [-0.39, 0.29) is 5.28 Å². The molecule has 0 aliphatic heterocycles. The maximum atomic E-state index is 6.00. The van der Waals surface area contributed by atoms with E-state index in [1.54, 1.807) is 0 Å². The highest BCUT2D eigenvalue weighted by molar-refractivity contribution is 7.99. The van der Waals surface area contributed by atoms with E-state index in [1.807, 2.05) is 18.7 Å². The molecule has 1 fully saturated rings. The molecular formula is C12H19ClN4S. The smallest absolute Gasteiger partial charge is 0.224 e. The van der Waals surface area contributed by atoms with Gasteiger partial charge in [-0.1, -0.05) is 13.3 Å². The van der Waals surface area contributed by atoms with Crippen LogP contribution in [0.25, 0.3) is 0 Å². The van der Waals surface area contributed by atoms with Crippen LogP contribution in [-0.2, 0) is 0 Å². The Kier molecular flexibility index (Phi) is 4.56. The molecule has 0 bridgehead atoms. The number of nitrogens with two attached hydrogens (primary N) is 1. The largest absolute Gasteiger partial charge is 0.394 e. The molecule has 0 saturated heterocycles. The summed E-state index contributed by atoms with van der Waals surface area (Å²) in [4.78, 5) is 8.25. The number of thioether (sulfide) groups is 1. The van der Waals surface area contributed by atoms with Crippen molar-refractivity contribution >= 4 is 34.9 Å².